The molecule has 2 rings (SSSR count). The summed E-state index contributed by atoms with van der Waals surface area (Å²) in [6, 6.07) is 9.73. The predicted octanol–water partition coefficient (Wildman–Crippen LogP) is 4.03. The third-order valence-corrected chi connectivity index (χ3v) is 4.71. The number of ketones is 1. The summed E-state index contributed by atoms with van der Waals surface area (Å²) >= 11 is 0. The molecule has 140 valence electrons. The molecule has 1 N–H and O–H groups in total. The summed E-state index contributed by atoms with van der Waals surface area (Å²) in [6.45, 7) is 6.08. The van der Waals surface area contributed by atoms with Crippen LogP contribution in [0.3, 0.4) is 0 Å². The maximum atomic E-state index is 12.6. The Hall–Kier alpha value is -2.43. The number of Topliss-reactive ketones (excluding diaryl/α,β-unsaturated/α-hetero) is 1. The molecule has 0 aromatic heterocycles. The lowest BCUT2D eigenvalue weighted by molar-refractivity contribution is -0.149. The van der Waals surface area contributed by atoms with E-state index in [2.05, 4.69) is 4.99 Å². The number of esters is 1. The number of ether oxygens (including phenoxy) is 1. The van der Waals surface area contributed by atoms with Gasteiger partial charge in [-0.25, -0.2) is 0 Å². The van der Waals surface area contributed by atoms with Crippen molar-refractivity contribution in [3.05, 3.63) is 47.2 Å². The van der Waals surface area contributed by atoms with Crippen molar-refractivity contribution in [1.29, 1.82) is 0 Å². The van der Waals surface area contributed by atoms with Crippen LogP contribution in [0.25, 0.3) is 0 Å². The monoisotopic (exact) mass is 357 g/mol. The molecule has 0 spiro atoms. The van der Waals surface area contributed by atoms with E-state index in [-0.39, 0.29) is 17.1 Å². The van der Waals surface area contributed by atoms with Crippen molar-refractivity contribution in [3.63, 3.8) is 0 Å². The highest BCUT2D eigenvalue weighted by Gasteiger charge is 2.47. The van der Waals surface area contributed by atoms with Crippen LogP contribution in [0.15, 0.2) is 46.7 Å². The van der Waals surface area contributed by atoms with Crippen molar-refractivity contribution in [3.8, 4) is 0 Å². The van der Waals surface area contributed by atoms with Gasteiger partial charge in [0.1, 0.15) is 11.7 Å². The van der Waals surface area contributed by atoms with Crippen LogP contribution in [-0.4, -0.2) is 29.7 Å². The molecule has 0 radical (unpaired) electrons. The summed E-state index contributed by atoms with van der Waals surface area (Å²) in [4.78, 5) is 29.5. The van der Waals surface area contributed by atoms with Gasteiger partial charge in [0.15, 0.2) is 5.78 Å². The first-order valence-corrected chi connectivity index (χ1v) is 8.93. The van der Waals surface area contributed by atoms with Crippen LogP contribution in [0, 0.1) is 11.3 Å². The van der Waals surface area contributed by atoms with Gasteiger partial charge >= 0.3 is 5.97 Å². The Labute approximate surface area is 154 Å². The van der Waals surface area contributed by atoms with E-state index in [0.717, 1.165) is 5.56 Å². The van der Waals surface area contributed by atoms with Crippen LogP contribution in [0.2, 0.25) is 0 Å². The van der Waals surface area contributed by atoms with Gasteiger partial charge in [-0.15, -0.1) is 0 Å². The van der Waals surface area contributed by atoms with E-state index in [1.807, 2.05) is 51.1 Å². The van der Waals surface area contributed by atoms with Gasteiger partial charge in [0.25, 0.3) is 0 Å². The summed E-state index contributed by atoms with van der Waals surface area (Å²) < 4.78 is 4.86. The minimum Gasteiger partial charge on any atom is -0.511 e. The smallest absolute Gasteiger partial charge is 0.316 e. The first kappa shape index (κ1) is 19.9. The normalized spacial score (nSPS) is 20.9. The molecule has 1 aromatic carbocycles. The average Bonchev–Trinajstić information content (AvgIpc) is 2.59. The molecule has 5 nitrogen and oxygen atoms in total. The van der Waals surface area contributed by atoms with Crippen LogP contribution in [0.4, 0.5) is 0 Å². The van der Waals surface area contributed by atoms with E-state index in [1.165, 1.54) is 7.11 Å². The lowest BCUT2D eigenvalue weighted by Gasteiger charge is -2.37. The molecule has 1 aliphatic carbocycles. The number of methoxy groups -OCH3 is 1. The highest BCUT2D eigenvalue weighted by Crippen LogP contribution is 2.43. The maximum absolute atomic E-state index is 12.6. The summed E-state index contributed by atoms with van der Waals surface area (Å²) in [6.07, 6.45) is 1.39. The minimum absolute atomic E-state index is 0.179. The van der Waals surface area contributed by atoms with E-state index in [1.54, 1.807) is 0 Å². The number of carbonyl (C=O) groups is 2. The van der Waals surface area contributed by atoms with Crippen LogP contribution < -0.4 is 0 Å². The molecular weight excluding hydrogens is 330 g/mol. The third-order valence-electron chi connectivity index (χ3n) is 4.71. The van der Waals surface area contributed by atoms with Crippen molar-refractivity contribution in [2.75, 3.05) is 7.11 Å². The second-order valence-electron chi connectivity index (χ2n) is 7.30. The Kier molecular flexibility index (Phi) is 6.35. The predicted molar refractivity (Wildman–Crippen MR) is 101 cm³/mol. The lowest BCUT2D eigenvalue weighted by atomic mass is 9.67. The zero-order valence-electron chi connectivity index (χ0n) is 15.9. The van der Waals surface area contributed by atoms with Crippen molar-refractivity contribution in [2.45, 2.75) is 46.6 Å². The number of allylic oxidation sites excluding steroid dienone is 1. The molecule has 0 amide bonds. The largest absolute Gasteiger partial charge is 0.511 e. The highest BCUT2D eigenvalue weighted by atomic mass is 16.5. The topological polar surface area (TPSA) is 76.0 Å². The van der Waals surface area contributed by atoms with Crippen LogP contribution in [-0.2, 0) is 20.9 Å². The van der Waals surface area contributed by atoms with Crippen LogP contribution in [0.1, 0.15) is 45.6 Å². The van der Waals surface area contributed by atoms with E-state index in [4.69, 9.17) is 4.74 Å². The molecular formula is C21H27NO4. The fourth-order valence-corrected chi connectivity index (χ4v) is 3.39. The van der Waals surface area contributed by atoms with Crippen molar-refractivity contribution < 1.29 is 19.4 Å². The summed E-state index contributed by atoms with van der Waals surface area (Å²) in [7, 11) is 1.29. The third kappa shape index (κ3) is 4.21. The zero-order chi connectivity index (χ0) is 19.3. The van der Waals surface area contributed by atoms with E-state index >= 15 is 0 Å². The SMILES string of the molecule is CCCC(=O)C1=C(O)[C@H](C(=O)OC)C(C)(C)CC1=NCc1ccccc1. The minimum atomic E-state index is -0.862. The zero-order valence-corrected chi connectivity index (χ0v) is 15.9. The molecule has 0 heterocycles. The molecule has 0 saturated carbocycles. The molecule has 0 aliphatic heterocycles. The Balaban J connectivity index is 2.50. The Morgan fingerprint density at radius 1 is 1.27 bits per heavy atom. The van der Waals surface area contributed by atoms with Gasteiger partial charge in [-0.2, -0.15) is 0 Å². The number of rotatable bonds is 6. The van der Waals surface area contributed by atoms with Gasteiger partial charge in [0.2, 0.25) is 0 Å². The first-order chi connectivity index (χ1) is 12.3. The fourth-order valence-electron chi connectivity index (χ4n) is 3.39. The number of aliphatic hydroxyl groups excluding tert-OH is 1. The second-order valence-corrected chi connectivity index (χ2v) is 7.30. The average molecular weight is 357 g/mol. The van der Waals surface area contributed by atoms with E-state index in [0.29, 0.717) is 31.5 Å². The Bertz CT molecular complexity index is 732. The maximum Gasteiger partial charge on any atom is 0.316 e. The van der Waals surface area contributed by atoms with Gasteiger partial charge in [-0.3, -0.25) is 14.6 Å². The summed E-state index contributed by atoms with van der Waals surface area (Å²) in [5.74, 6) is -1.78. The first-order valence-electron chi connectivity index (χ1n) is 8.93. The van der Waals surface area contributed by atoms with E-state index < -0.39 is 17.3 Å². The molecule has 0 bridgehead atoms. The summed E-state index contributed by atoms with van der Waals surface area (Å²) in [5.41, 5.74) is 1.19. The molecule has 1 aliphatic rings. The highest BCUT2D eigenvalue weighted by molar-refractivity contribution is 6.24. The van der Waals surface area contributed by atoms with Gasteiger partial charge in [-0.05, 0) is 23.8 Å². The van der Waals surface area contributed by atoms with Crippen molar-refractivity contribution in [1.82, 2.24) is 0 Å². The van der Waals surface area contributed by atoms with Gasteiger partial charge in [0.05, 0.1) is 19.2 Å². The number of hydrogen-bond acceptors (Lipinski definition) is 5. The number of aliphatic imine (C=N–C) groups is 1. The molecule has 26 heavy (non-hydrogen) atoms. The molecule has 1 aromatic rings. The van der Waals surface area contributed by atoms with Crippen molar-refractivity contribution >= 4 is 17.5 Å². The number of aliphatic hydroxyl groups is 1. The van der Waals surface area contributed by atoms with Crippen LogP contribution in [0.5, 0.6) is 0 Å². The molecule has 0 fully saturated rings. The molecule has 1 atom stereocenters. The quantitative estimate of drug-likeness (QED) is 0.780. The Morgan fingerprint density at radius 2 is 1.92 bits per heavy atom. The van der Waals surface area contributed by atoms with Gasteiger partial charge in [-0.1, -0.05) is 51.1 Å². The number of hydrogen-bond donors (Lipinski definition) is 1. The van der Waals surface area contributed by atoms with E-state index in [9.17, 15) is 14.7 Å². The second kappa shape index (κ2) is 8.30. The molecule has 5 heteroatoms. The van der Waals surface area contributed by atoms with Crippen LogP contribution >= 0.6 is 0 Å². The lowest BCUT2D eigenvalue weighted by Crippen LogP contribution is -2.41. The van der Waals surface area contributed by atoms with Gasteiger partial charge < -0.3 is 9.84 Å². The molecule has 0 saturated heterocycles. The molecule has 0 unspecified atom stereocenters. The number of benzene rings is 1. The number of nitrogens with zero attached hydrogens (tertiary/aromatic N) is 1. The Morgan fingerprint density at radius 3 is 2.50 bits per heavy atom. The fraction of sp³-hybridized carbons (Fsp3) is 0.476. The van der Waals surface area contributed by atoms with Crippen molar-refractivity contribution in [2.24, 2.45) is 16.3 Å². The summed E-state index contributed by atoms with van der Waals surface area (Å²) in [5, 5.41) is 10.8. The van der Waals surface area contributed by atoms with Gasteiger partial charge in [0, 0.05) is 12.1 Å². The standard InChI is InChI=1S/C21H27NO4/c1-5-9-16(23)17-15(22-13-14-10-7-6-8-11-14)12-21(2,3)18(19(17)24)20(25)26-4/h6-8,10-11,18,24H,5,9,12-13H2,1-4H3/t18-/m1/s1. The number of carbonyl (C=O) groups excluding carboxylic acids is 2.